The van der Waals surface area contributed by atoms with E-state index in [1.165, 1.54) is 12.1 Å². The first kappa shape index (κ1) is 18.9. The second kappa shape index (κ2) is 9.08. The van der Waals surface area contributed by atoms with Gasteiger partial charge >= 0.3 is 0 Å². The van der Waals surface area contributed by atoms with Crippen molar-refractivity contribution < 1.29 is 13.9 Å². The highest BCUT2D eigenvalue weighted by Gasteiger charge is 2.33. The fraction of sp³-hybridized carbons (Fsp3) is 0.562. The van der Waals surface area contributed by atoms with E-state index >= 15 is 0 Å². The predicted molar refractivity (Wildman–Crippen MR) is 86.6 cm³/mol. The number of ether oxygens (including phenoxy) is 1. The van der Waals surface area contributed by atoms with E-state index in [1.54, 1.807) is 13.2 Å². The van der Waals surface area contributed by atoms with Gasteiger partial charge < -0.3 is 15.0 Å². The highest BCUT2D eigenvalue weighted by Crippen LogP contribution is 2.35. The number of nitrogens with zero attached hydrogens (tertiary/aromatic N) is 1. The van der Waals surface area contributed by atoms with Gasteiger partial charge in [0.1, 0.15) is 5.82 Å². The number of benzene rings is 1. The molecule has 124 valence electrons. The molecule has 0 radical (unpaired) electrons. The predicted octanol–water partition coefficient (Wildman–Crippen LogP) is 2.39. The molecule has 1 aromatic rings. The summed E-state index contributed by atoms with van der Waals surface area (Å²) in [6.45, 7) is 4.37. The Morgan fingerprint density at radius 2 is 2.27 bits per heavy atom. The molecule has 1 aliphatic rings. The minimum absolute atomic E-state index is 0. The smallest absolute Gasteiger partial charge is 0.237 e. The molecule has 1 N–H and O–H groups in total. The van der Waals surface area contributed by atoms with Crippen LogP contribution in [0.25, 0.3) is 0 Å². The van der Waals surface area contributed by atoms with Crippen LogP contribution in [0, 0.1) is 11.7 Å². The van der Waals surface area contributed by atoms with Crippen molar-refractivity contribution in [1.82, 2.24) is 10.2 Å². The van der Waals surface area contributed by atoms with Gasteiger partial charge in [-0.3, -0.25) is 4.79 Å². The molecule has 1 amide bonds. The molecular formula is C16H24ClFN2O2. The lowest BCUT2D eigenvalue weighted by atomic mass is 10.0. The van der Waals surface area contributed by atoms with E-state index in [0.717, 1.165) is 18.5 Å². The molecular weight excluding hydrogens is 307 g/mol. The van der Waals surface area contributed by atoms with E-state index in [9.17, 15) is 9.18 Å². The number of carbonyl (C=O) groups excluding carboxylic acids is 1. The molecule has 0 aromatic heterocycles. The van der Waals surface area contributed by atoms with Crippen LogP contribution in [0.2, 0.25) is 0 Å². The molecule has 1 fully saturated rings. The van der Waals surface area contributed by atoms with Gasteiger partial charge in [0.15, 0.2) is 0 Å². The van der Waals surface area contributed by atoms with E-state index in [4.69, 9.17) is 4.74 Å². The van der Waals surface area contributed by atoms with Crippen molar-refractivity contribution in [3.05, 3.63) is 35.6 Å². The summed E-state index contributed by atoms with van der Waals surface area (Å²) in [5.74, 6) is 0.239. The Morgan fingerprint density at radius 1 is 1.50 bits per heavy atom. The van der Waals surface area contributed by atoms with Crippen LogP contribution in [0.4, 0.5) is 4.39 Å². The van der Waals surface area contributed by atoms with Crippen LogP contribution in [0.3, 0.4) is 0 Å². The lowest BCUT2D eigenvalue weighted by Gasteiger charge is -2.25. The summed E-state index contributed by atoms with van der Waals surface area (Å²) < 4.78 is 18.3. The van der Waals surface area contributed by atoms with Crippen LogP contribution >= 0.6 is 12.4 Å². The standard InChI is InChI=1S/C16H23FN2O2.ClH/c1-12-8-15(13-4-3-5-14(17)9-13)19(11-12)16(20)10-18-6-7-21-2;/h3-5,9,12,15,18H,6-8,10-11H2,1-2H3;1H. The van der Waals surface area contributed by atoms with Gasteiger partial charge in [-0.2, -0.15) is 0 Å². The van der Waals surface area contributed by atoms with Crippen molar-refractivity contribution in [1.29, 1.82) is 0 Å². The molecule has 1 saturated heterocycles. The summed E-state index contributed by atoms with van der Waals surface area (Å²) in [6.07, 6.45) is 0.882. The number of halogens is 2. The van der Waals surface area contributed by atoms with Gasteiger partial charge in [-0.15, -0.1) is 12.4 Å². The van der Waals surface area contributed by atoms with E-state index in [0.29, 0.717) is 25.6 Å². The molecule has 6 heteroatoms. The zero-order valence-corrected chi connectivity index (χ0v) is 13.9. The summed E-state index contributed by atoms with van der Waals surface area (Å²) >= 11 is 0. The van der Waals surface area contributed by atoms with Crippen molar-refractivity contribution in [3.63, 3.8) is 0 Å². The number of amides is 1. The lowest BCUT2D eigenvalue weighted by molar-refractivity contribution is -0.131. The van der Waals surface area contributed by atoms with Gasteiger partial charge in [0, 0.05) is 20.2 Å². The summed E-state index contributed by atoms with van der Waals surface area (Å²) in [6, 6.07) is 6.53. The number of hydrogen-bond donors (Lipinski definition) is 1. The molecule has 0 spiro atoms. The maximum absolute atomic E-state index is 13.4. The molecule has 22 heavy (non-hydrogen) atoms. The van der Waals surface area contributed by atoms with Crippen LogP contribution in [0.1, 0.15) is 24.9 Å². The molecule has 2 atom stereocenters. The Hall–Kier alpha value is -1.17. The van der Waals surface area contributed by atoms with E-state index in [1.807, 2.05) is 11.0 Å². The van der Waals surface area contributed by atoms with Crippen LogP contribution in [0.5, 0.6) is 0 Å². The third-order valence-electron chi connectivity index (χ3n) is 3.82. The molecule has 0 aliphatic carbocycles. The van der Waals surface area contributed by atoms with Crippen molar-refractivity contribution in [2.75, 3.05) is 33.4 Å². The second-order valence-corrected chi connectivity index (χ2v) is 5.63. The molecule has 2 unspecified atom stereocenters. The van der Waals surface area contributed by atoms with Gasteiger partial charge in [-0.1, -0.05) is 19.1 Å². The highest BCUT2D eigenvalue weighted by atomic mass is 35.5. The van der Waals surface area contributed by atoms with Crippen molar-refractivity contribution in [2.24, 2.45) is 5.92 Å². The van der Waals surface area contributed by atoms with Crippen LogP contribution in [0.15, 0.2) is 24.3 Å². The van der Waals surface area contributed by atoms with Gasteiger partial charge in [-0.25, -0.2) is 4.39 Å². The van der Waals surface area contributed by atoms with Crippen LogP contribution in [-0.4, -0.2) is 44.2 Å². The highest BCUT2D eigenvalue weighted by molar-refractivity contribution is 5.85. The first-order valence-electron chi connectivity index (χ1n) is 7.36. The number of nitrogens with one attached hydrogen (secondary N) is 1. The molecule has 4 nitrogen and oxygen atoms in total. The lowest BCUT2D eigenvalue weighted by Crippen LogP contribution is -2.39. The molecule has 1 aliphatic heterocycles. The van der Waals surface area contributed by atoms with E-state index in [-0.39, 0.29) is 30.2 Å². The number of rotatable bonds is 6. The third kappa shape index (κ3) is 4.93. The first-order chi connectivity index (χ1) is 10.1. The second-order valence-electron chi connectivity index (χ2n) is 5.63. The van der Waals surface area contributed by atoms with Crippen molar-refractivity contribution in [3.8, 4) is 0 Å². The monoisotopic (exact) mass is 330 g/mol. The Kier molecular flexibility index (Phi) is 7.79. The average molecular weight is 331 g/mol. The Labute approximate surface area is 137 Å². The molecule has 1 aromatic carbocycles. The zero-order valence-electron chi connectivity index (χ0n) is 13.0. The number of methoxy groups -OCH3 is 1. The number of carbonyl (C=O) groups is 1. The van der Waals surface area contributed by atoms with Gasteiger partial charge in [0.2, 0.25) is 5.91 Å². The molecule has 1 heterocycles. The minimum Gasteiger partial charge on any atom is -0.383 e. The summed E-state index contributed by atoms with van der Waals surface area (Å²) in [7, 11) is 1.63. The SMILES string of the molecule is COCCNCC(=O)N1CC(C)CC1c1cccc(F)c1.Cl. The maximum Gasteiger partial charge on any atom is 0.237 e. The molecule has 0 saturated carbocycles. The van der Waals surface area contributed by atoms with Crippen molar-refractivity contribution in [2.45, 2.75) is 19.4 Å². The summed E-state index contributed by atoms with van der Waals surface area (Å²) in [4.78, 5) is 14.2. The Bertz CT molecular complexity index is 487. The van der Waals surface area contributed by atoms with Crippen LogP contribution in [-0.2, 0) is 9.53 Å². The Morgan fingerprint density at radius 3 is 2.95 bits per heavy atom. The van der Waals surface area contributed by atoms with Gasteiger partial charge in [-0.05, 0) is 30.0 Å². The minimum atomic E-state index is -0.252. The van der Waals surface area contributed by atoms with Gasteiger partial charge in [0.25, 0.3) is 0 Å². The van der Waals surface area contributed by atoms with E-state index < -0.39 is 0 Å². The molecule has 0 bridgehead atoms. The molecule has 2 rings (SSSR count). The summed E-state index contributed by atoms with van der Waals surface area (Å²) in [5, 5.41) is 3.07. The number of likely N-dealkylation sites (tertiary alicyclic amines) is 1. The first-order valence-corrected chi connectivity index (χ1v) is 7.36. The van der Waals surface area contributed by atoms with Crippen LogP contribution < -0.4 is 5.32 Å². The van der Waals surface area contributed by atoms with E-state index in [2.05, 4.69) is 12.2 Å². The quantitative estimate of drug-likeness (QED) is 0.814. The number of hydrogen-bond acceptors (Lipinski definition) is 3. The third-order valence-corrected chi connectivity index (χ3v) is 3.82. The fourth-order valence-corrected chi connectivity index (χ4v) is 2.82. The normalized spacial score (nSPS) is 20.8. The zero-order chi connectivity index (χ0) is 15.2. The maximum atomic E-state index is 13.4. The summed E-state index contributed by atoms with van der Waals surface area (Å²) in [5.41, 5.74) is 0.879. The van der Waals surface area contributed by atoms with Gasteiger partial charge in [0.05, 0.1) is 19.2 Å². The fourth-order valence-electron chi connectivity index (χ4n) is 2.82. The Balaban J connectivity index is 0.00000242. The topological polar surface area (TPSA) is 41.6 Å². The largest absolute Gasteiger partial charge is 0.383 e. The average Bonchev–Trinajstić information content (AvgIpc) is 2.85. The van der Waals surface area contributed by atoms with Crippen molar-refractivity contribution >= 4 is 18.3 Å².